The molecule has 0 aromatic heterocycles. The van der Waals surface area contributed by atoms with Gasteiger partial charge < -0.3 is 0 Å². The van der Waals surface area contributed by atoms with Crippen LogP contribution in [0.1, 0.15) is 31.7 Å². The van der Waals surface area contributed by atoms with Gasteiger partial charge in [-0.2, -0.15) is 4.89 Å². The lowest BCUT2D eigenvalue weighted by molar-refractivity contribution is -0.250. The number of hydrogen-bond acceptors (Lipinski definition) is 3. The molecule has 1 aliphatic carbocycles. The van der Waals surface area contributed by atoms with Crippen molar-refractivity contribution >= 4 is 5.97 Å². The molecule has 102 valence electrons. The van der Waals surface area contributed by atoms with Crippen LogP contribution in [0.5, 0.6) is 0 Å². The van der Waals surface area contributed by atoms with Crippen molar-refractivity contribution in [1.29, 1.82) is 0 Å². The van der Waals surface area contributed by atoms with Crippen LogP contribution in [0.4, 0.5) is 0 Å². The molecule has 0 fully saturated rings. The van der Waals surface area contributed by atoms with Crippen molar-refractivity contribution in [3.63, 3.8) is 0 Å². The van der Waals surface area contributed by atoms with Crippen LogP contribution in [-0.4, -0.2) is 13.1 Å². The maximum absolute atomic E-state index is 11.7. The smallest absolute Gasteiger partial charge is 0.293 e. The lowest BCUT2D eigenvalue weighted by Gasteiger charge is -2.19. The molecule has 1 aromatic carbocycles. The second-order valence-corrected chi connectivity index (χ2v) is 3.79. The first-order valence-corrected chi connectivity index (χ1v) is 6.49. The van der Waals surface area contributed by atoms with Crippen molar-refractivity contribution < 1.29 is 14.6 Å². The van der Waals surface area contributed by atoms with Crippen molar-refractivity contribution in [3.8, 4) is 0 Å². The summed E-state index contributed by atoms with van der Waals surface area (Å²) in [6.07, 6.45) is 6.49. The summed E-state index contributed by atoms with van der Waals surface area (Å²) < 4.78 is 0. The minimum absolute atomic E-state index is 0.0452. The summed E-state index contributed by atoms with van der Waals surface area (Å²) in [7, 11) is 1.33. The van der Waals surface area contributed by atoms with Crippen LogP contribution in [0.25, 0.3) is 0 Å². The molecule has 3 heteroatoms. The molecule has 0 aliphatic heterocycles. The van der Waals surface area contributed by atoms with E-state index in [9.17, 15) is 4.79 Å². The fourth-order valence-corrected chi connectivity index (χ4v) is 1.96. The molecule has 0 heterocycles. The second-order valence-electron chi connectivity index (χ2n) is 3.79. The molecule has 1 aliphatic rings. The molecule has 1 atom stereocenters. The molecule has 0 bridgehead atoms. The van der Waals surface area contributed by atoms with Gasteiger partial charge >= 0.3 is 5.97 Å². The zero-order valence-electron chi connectivity index (χ0n) is 11.6. The molecule has 0 N–H and O–H groups in total. The Kier molecular flexibility index (Phi) is 6.61. The predicted octanol–water partition coefficient (Wildman–Crippen LogP) is 3.79. The highest BCUT2D eigenvalue weighted by Gasteiger charge is 2.24. The van der Waals surface area contributed by atoms with Gasteiger partial charge in [0, 0.05) is 11.5 Å². The SMILES string of the molecule is CC.COOC(=O)C1=CC=CCC1c1ccccc1. The van der Waals surface area contributed by atoms with Gasteiger partial charge in [-0.1, -0.05) is 62.4 Å². The monoisotopic (exact) mass is 260 g/mol. The Balaban J connectivity index is 0.000000861. The van der Waals surface area contributed by atoms with Crippen molar-refractivity contribution in [1.82, 2.24) is 0 Å². The van der Waals surface area contributed by atoms with Gasteiger partial charge in [0.1, 0.15) is 0 Å². The summed E-state index contributed by atoms with van der Waals surface area (Å²) in [6.45, 7) is 4.00. The van der Waals surface area contributed by atoms with Crippen LogP contribution in [0.15, 0.2) is 54.1 Å². The van der Waals surface area contributed by atoms with Crippen molar-refractivity contribution in [2.45, 2.75) is 26.2 Å². The van der Waals surface area contributed by atoms with Crippen LogP contribution < -0.4 is 0 Å². The second kappa shape index (κ2) is 8.27. The molecule has 0 spiro atoms. The highest BCUT2D eigenvalue weighted by Crippen LogP contribution is 2.31. The fraction of sp³-hybridized carbons (Fsp3) is 0.312. The van der Waals surface area contributed by atoms with E-state index in [0.717, 1.165) is 12.0 Å². The minimum atomic E-state index is -0.425. The summed E-state index contributed by atoms with van der Waals surface area (Å²) in [6, 6.07) is 9.91. The molecular formula is C16H20O3. The Morgan fingerprint density at radius 2 is 1.89 bits per heavy atom. The number of carbonyl (C=O) groups excluding carboxylic acids is 1. The molecule has 0 amide bonds. The molecule has 2 rings (SSSR count). The van der Waals surface area contributed by atoms with Crippen molar-refractivity contribution in [2.75, 3.05) is 7.11 Å². The first-order valence-electron chi connectivity index (χ1n) is 6.49. The average molecular weight is 260 g/mol. The molecule has 0 saturated carbocycles. The molecule has 1 unspecified atom stereocenters. The van der Waals surface area contributed by atoms with Gasteiger partial charge in [-0.3, -0.25) is 4.89 Å². The van der Waals surface area contributed by atoms with Crippen LogP contribution in [0.2, 0.25) is 0 Å². The van der Waals surface area contributed by atoms with Gasteiger partial charge in [0.2, 0.25) is 0 Å². The van der Waals surface area contributed by atoms with Gasteiger partial charge in [0.25, 0.3) is 0 Å². The third-order valence-electron chi connectivity index (χ3n) is 2.76. The summed E-state index contributed by atoms with van der Waals surface area (Å²) in [5, 5.41) is 0. The Morgan fingerprint density at radius 1 is 1.21 bits per heavy atom. The molecule has 0 saturated heterocycles. The number of benzene rings is 1. The Morgan fingerprint density at radius 3 is 2.53 bits per heavy atom. The van der Waals surface area contributed by atoms with E-state index in [2.05, 4.69) is 9.78 Å². The van der Waals surface area contributed by atoms with Crippen LogP contribution >= 0.6 is 0 Å². The first kappa shape index (κ1) is 15.2. The van der Waals surface area contributed by atoms with E-state index in [1.165, 1.54) is 7.11 Å². The van der Waals surface area contributed by atoms with Gasteiger partial charge in [-0.15, -0.1) is 0 Å². The van der Waals surface area contributed by atoms with Crippen LogP contribution in [0.3, 0.4) is 0 Å². The van der Waals surface area contributed by atoms with E-state index < -0.39 is 5.97 Å². The molecule has 19 heavy (non-hydrogen) atoms. The Bertz CT molecular complexity index is 446. The topological polar surface area (TPSA) is 35.5 Å². The number of carbonyl (C=O) groups is 1. The van der Waals surface area contributed by atoms with E-state index in [1.807, 2.05) is 56.3 Å². The normalized spacial score (nSPS) is 17.0. The molecule has 0 radical (unpaired) electrons. The van der Waals surface area contributed by atoms with E-state index in [0.29, 0.717) is 5.57 Å². The molecule has 1 aromatic rings. The van der Waals surface area contributed by atoms with E-state index in [4.69, 9.17) is 0 Å². The summed E-state index contributed by atoms with van der Waals surface area (Å²) in [5.74, 6) is -0.380. The third-order valence-corrected chi connectivity index (χ3v) is 2.76. The number of hydrogen-bond donors (Lipinski definition) is 0. The Hall–Kier alpha value is -1.87. The van der Waals surface area contributed by atoms with Crippen LogP contribution in [0, 0.1) is 0 Å². The first-order chi connectivity index (χ1) is 9.33. The molecule has 3 nitrogen and oxygen atoms in total. The largest absolute Gasteiger partial charge is 0.369 e. The van der Waals surface area contributed by atoms with Gasteiger partial charge in [-0.05, 0) is 12.0 Å². The van der Waals surface area contributed by atoms with Crippen molar-refractivity contribution in [3.05, 3.63) is 59.7 Å². The number of rotatable bonds is 3. The highest BCUT2D eigenvalue weighted by atomic mass is 17.2. The Labute approximate surface area is 114 Å². The fourth-order valence-electron chi connectivity index (χ4n) is 1.96. The maximum atomic E-state index is 11.7. The summed E-state index contributed by atoms with van der Waals surface area (Å²) in [4.78, 5) is 20.8. The van der Waals surface area contributed by atoms with Gasteiger partial charge in [0.15, 0.2) is 0 Å². The van der Waals surface area contributed by atoms with E-state index in [1.54, 1.807) is 6.08 Å². The minimum Gasteiger partial charge on any atom is -0.293 e. The van der Waals surface area contributed by atoms with Gasteiger partial charge in [0.05, 0.1) is 7.11 Å². The molecular weight excluding hydrogens is 240 g/mol. The van der Waals surface area contributed by atoms with Crippen molar-refractivity contribution in [2.24, 2.45) is 0 Å². The zero-order chi connectivity index (χ0) is 14.1. The quantitative estimate of drug-likeness (QED) is 0.612. The highest BCUT2D eigenvalue weighted by molar-refractivity contribution is 5.90. The summed E-state index contributed by atoms with van der Waals surface area (Å²) in [5.41, 5.74) is 1.73. The van der Waals surface area contributed by atoms with Crippen LogP contribution in [-0.2, 0) is 14.6 Å². The number of allylic oxidation sites excluding steroid dienone is 3. The standard InChI is InChI=1S/C14H14O3.C2H6/c1-16-17-14(15)13-10-6-5-9-12(13)11-7-3-2-4-8-11;1-2/h2-8,10,12H,9H2,1H3;1-2H3. The third kappa shape index (κ3) is 4.07. The predicted molar refractivity (Wildman–Crippen MR) is 75.5 cm³/mol. The summed E-state index contributed by atoms with van der Waals surface area (Å²) >= 11 is 0. The zero-order valence-corrected chi connectivity index (χ0v) is 11.6. The van der Waals surface area contributed by atoms with Gasteiger partial charge in [-0.25, -0.2) is 4.79 Å². The maximum Gasteiger partial charge on any atom is 0.369 e. The van der Waals surface area contributed by atoms with E-state index in [-0.39, 0.29) is 5.92 Å². The lowest BCUT2D eigenvalue weighted by atomic mass is 9.85. The average Bonchev–Trinajstić information content (AvgIpc) is 2.50. The lowest BCUT2D eigenvalue weighted by Crippen LogP contribution is -2.15. The van der Waals surface area contributed by atoms with E-state index >= 15 is 0 Å².